The van der Waals surface area contributed by atoms with Crippen LogP contribution in [0.25, 0.3) is 0 Å². The number of hydrogen-bond donors (Lipinski definition) is 1. The Bertz CT molecular complexity index is 589. The molecule has 22 heavy (non-hydrogen) atoms. The second-order valence-electron chi connectivity index (χ2n) is 6.84. The smallest absolute Gasteiger partial charge is 0.164 e. The van der Waals surface area contributed by atoms with Crippen molar-refractivity contribution in [2.75, 3.05) is 13.2 Å². The molecule has 1 unspecified atom stereocenters. The van der Waals surface area contributed by atoms with Crippen molar-refractivity contribution in [1.29, 1.82) is 0 Å². The fourth-order valence-corrected chi connectivity index (χ4v) is 3.54. The van der Waals surface area contributed by atoms with E-state index in [1.165, 1.54) is 0 Å². The van der Waals surface area contributed by atoms with E-state index in [1.54, 1.807) is 0 Å². The van der Waals surface area contributed by atoms with Crippen LogP contribution in [0.1, 0.15) is 42.5 Å². The number of fused-ring (bicyclic) bond motifs is 1. The summed E-state index contributed by atoms with van der Waals surface area (Å²) in [5.41, 5.74) is 3.70. The monoisotopic (exact) mass is 306 g/mol. The second-order valence-corrected chi connectivity index (χ2v) is 6.84. The second kappa shape index (κ2) is 5.43. The Morgan fingerprint density at radius 1 is 1.09 bits per heavy atom. The molecule has 2 aliphatic heterocycles. The van der Waals surface area contributed by atoms with E-state index in [2.05, 4.69) is 13.8 Å². The molecule has 0 aliphatic carbocycles. The van der Waals surface area contributed by atoms with E-state index in [0.29, 0.717) is 19.0 Å². The van der Waals surface area contributed by atoms with Crippen molar-refractivity contribution < 1.29 is 19.3 Å². The van der Waals surface area contributed by atoms with Gasteiger partial charge in [0.1, 0.15) is 17.1 Å². The third-order valence-electron chi connectivity index (χ3n) is 5.57. The van der Waals surface area contributed by atoms with Gasteiger partial charge < -0.3 is 19.3 Å². The van der Waals surface area contributed by atoms with Gasteiger partial charge in [0, 0.05) is 11.5 Å². The molecule has 2 heterocycles. The lowest BCUT2D eigenvalue weighted by Gasteiger charge is -2.43. The Morgan fingerprint density at radius 3 is 2.36 bits per heavy atom. The zero-order chi connectivity index (χ0) is 16.1. The maximum absolute atomic E-state index is 10.3. The molecule has 2 aliphatic rings. The average Bonchev–Trinajstić information content (AvgIpc) is 3.04. The zero-order valence-corrected chi connectivity index (χ0v) is 14.2. The Morgan fingerprint density at radius 2 is 1.73 bits per heavy atom. The summed E-state index contributed by atoms with van der Waals surface area (Å²) in [6.07, 6.45) is 1.61. The SMILES string of the molecule is Cc1c(C)c2c(c(C)c1O)CCC(C)([C@H](C)C1OCCO1)O2. The molecule has 1 aromatic carbocycles. The lowest BCUT2D eigenvalue weighted by atomic mass is 9.80. The highest BCUT2D eigenvalue weighted by molar-refractivity contribution is 5.58. The first-order chi connectivity index (χ1) is 10.3. The van der Waals surface area contributed by atoms with Crippen LogP contribution >= 0.6 is 0 Å². The summed E-state index contributed by atoms with van der Waals surface area (Å²) < 4.78 is 17.8. The van der Waals surface area contributed by atoms with E-state index in [-0.39, 0.29) is 17.8 Å². The van der Waals surface area contributed by atoms with Crippen LogP contribution in [0.5, 0.6) is 11.5 Å². The molecular formula is C18H26O4. The Kier molecular flexibility index (Phi) is 3.86. The molecule has 1 N–H and O–H groups in total. The summed E-state index contributed by atoms with van der Waals surface area (Å²) >= 11 is 0. The van der Waals surface area contributed by atoms with Crippen LogP contribution in [-0.2, 0) is 15.9 Å². The van der Waals surface area contributed by atoms with E-state index in [1.807, 2.05) is 20.8 Å². The molecule has 0 spiro atoms. The summed E-state index contributed by atoms with van der Waals surface area (Å²) in [4.78, 5) is 0. The van der Waals surface area contributed by atoms with E-state index in [4.69, 9.17) is 14.2 Å². The molecule has 3 rings (SSSR count). The molecule has 0 amide bonds. The van der Waals surface area contributed by atoms with Crippen molar-refractivity contribution in [1.82, 2.24) is 0 Å². The summed E-state index contributed by atoms with van der Waals surface area (Å²) in [6.45, 7) is 11.5. The lowest BCUT2D eigenvalue weighted by molar-refractivity contribution is -0.138. The van der Waals surface area contributed by atoms with Gasteiger partial charge in [-0.3, -0.25) is 0 Å². The van der Waals surface area contributed by atoms with Gasteiger partial charge in [-0.2, -0.15) is 0 Å². The van der Waals surface area contributed by atoms with Crippen LogP contribution < -0.4 is 4.74 Å². The van der Waals surface area contributed by atoms with Crippen LogP contribution in [0.2, 0.25) is 0 Å². The minimum atomic E-state index is -0.317. The van der Waals surface area contributed by atoms with Crippen LogP contribution in [0.15, 0.2) is 0 Å². The molecule has 2 atom stereocenters. The van der Waals surface area contributed by atoms with Crippen molar-refractivity contribution in [3.8, 4) is 11.5 Å². The normalized spacial score (nSPS) is 26.6. The maximum Gasteiger partial charge on any atom is 0.164 e. The van der Waals surface area contributed by atoms with Crippen molar-refractivity contribution in [3.63, 3.8) is 0 Å². The summed E-state index contributed by atoms with van der Waals surface area (Å²) in [5.74, 6) is 1.49. The van der Waals surface area contributed by atoms with Crippen LogP contribution in [0.4, 0.5) is 0 Å². The zero-order valence-electron chi connectivity index (χ0n) is 14.2. The fourth-order valence-electron chi connectivity index (χ4n) is 3.54. The predicted molar refractivity (Wildman–Crippen MR) is 84.5 cm³/mol. The number of phenols is 1. The molecular weight excluding hydrogens is 280 g/mol. The molecule has 1 aromatic rings. The van der Waals surface area contributed by atoms with E-state index < -0.39 is 0 Å². The van der Waals surface area contributed by atoms with E-state index in [0.717, 1.165) is 40.8 Å². The molecule has 4 heteroatoms. The summed E-state index contributed by atoms with van der Waals surface area (Å²) in [7, 11) is 0. The Hall–Kier alpha value is -1.26. The Balaban J connectivity index is 1.96. The van der Waals surface area contributed by atoms with Crippen molar-refractivity contribution >= 4 is 0 Å². The first-order valence-electron chi connectivity index (χ1n) is 8.09. The van der Waals surface area contributed by atoms with Crippen LogP contribution in [0.3, 0.4) is 0 Å². The number of hydrogen-bond acceptors (Lipinski definition) is 4. The van der Waals surface area contributed by atoms with Gasteiger partial charge in [-0.05, 0) is 57.2 Å². The fraction of sp³-hybridized carbons (Fsp3) is 0.667. The average molecular weight is 306 g/mol. The van der Waals surface area contributed by atoms with Crippen molar-refractivity contribution in [2.24, 2.45) is 5.92 Å². The number of aromatic hydroxyl groups is 1. The van der Waals surface area contributed by atoms with Gasteiger partial charge in [-0.25, -0.2) is 0 Å². The van der Waals surface area contributed by atoms with Gasteiger partial charge in [-0.1, -0.05) is 6.92 Å². The van der Waals surface area contributed by atoms with Gasteiger partial charge in [0.2, 0.25) is 0 Å². The summed E-state index contributed by atoms with van der Waals surface area (Å²) in [5, 5.41) is 10.3. The number of ether oxygens (including phenoxy) is 3. The highest BCUT2D eigenvalue weighted by Gasteiger charge is 2.44. The molecule has 0 aromatic heterocycles. The highest BCUT2D eigenvalue weighted by Crippen LogP contribution is 2.46. The molecule has 0 radical (unpaired) electrons. The van der Waals surface area contributed by atoms with Crippen molar-refractivity contribution in [3.05, 3.63) is 22.3 Å². The van der Waals surface area contributed by atoms with Crippen LogP contribution in [0, 0.1) is 26.7 Å². The van der Waals surface area contributed by atoms with Gasteiger partial charge in [-0.15, -0.1) is 0 Å². The molecule has 1 fully saturated rings. The standard InChI is InChI=1S/C18H26O4/c1-10-11(2)16-14(12(3)15(10)19)6-7-18(5,22-16)13(4)17-20-8-9-21-17/h13,17,19H,6-9H2,1-5H3/t13-,18?/m1/s1. The third kappa shape index (κ3) is 2.29. The molecule has 1 saturated heterocycles. The van der Waals surface area contributed by atoms with Gasteiger partial charge in [0.25, 0.3) is 0 Å². The molecule has 0 saturated carbocycles. The molecule has 122 valence electrons. The van der Waals surface area contributed by atoms with Gasteiger partial charge in [0.15, 0.2) is 6.29 Å². The first kappa shape index (κ1) is 15.6. The first-order valence-corrected chi connectivity index (χ1v) is 8.09. The largest absolute Gasteiger partial charge is 0.507 e. The Labute approximate surface area is 132 Å². The number of benzene rings is 1. The van der Waals surface area contributed by atoms with E-state index in [9.17, 15) is 5.11 Å². The van der Waals surface area contributed by atoms with Gasteiger partial charge in [0.05, 0.1) is 13.2 Å². The van der Waals surface area contributed by atoms with Gasteiger partial charge >= 0.3 is 0 Å². The highest BCUT2D eigenvalue weighted by atomic mass is 16.7. The topological polar surface area (TPSA) is 47.9 Å². The van der Waals surface area contributed by atoms with E-state index >= 15 is 0 Å². The maximum atomic E-state index is 10.3. The molecule has 4 nitrogen and oxygen atoms in total. The summed E-state index contributed by atoms with van der Waals surface area (Å²) in [6, 6.07) is 0. The minimum absolute atomic E-state index is 0.150. The quantitative estimate of drug-likeness (QED) is 0.909. The third-order valence-corrected chi connectivity index (χ3v) is 5.57. The lowest BCUT2D eigenvalue weighted by Crippen LogP contribution is -2.48. The number of phenolic OH excluding ortho intramolecular Hbond substituents is 1. The number of rotatable bonds is 2. The minimum Gasteiger partial charge on any atom is -0.507 e. The predicted octanol–water partition coefficient (Wildman–Crippen LogP) is 3.41. The van der Waals surface area contributed by atoms with Crippen LogP contribution in [-0.4, -0.2) is 30.2 Å². The van der Waals surface area contributed by atoms with Crippen molar-refractivity contribution in [2.45, 2.75) is 59.4 Å². The molecule has 0 bridgehead atoms.